The van der Waals surface area contributed by atoms with E-state index in [0.29, 0.717) is 0 Å². The standard InChI is InChI=1S/C21H29N3O2S/c1-4-23(5-2)13-6-14-24(20(25)17-7-8-17)21-22-19(15-27-21)16-9-11-18(26-3)12-10-16/h9-12,15,17H,4-8,13-14H2,1-3H3/p+1. The molecule has 1 saturated carbocycles. The van der Waals surface area contributed by atoms with Crippen molar-refractivity contribution in [2.45, 2.75) is 33.1 Å². The molecule has 1 amide bonds. The number of carbonyl (C=O) groups excluding carboxylic acids is 1. The van der Waals surface area contributed by atoms with Gasteiger partial charge >= 0.3 is 0 Å². The summed E-state index contributed by atoms with van der Waals surface area (Å²) in [5.74, 6) is 1.29. The van der Waals surface area contributed by atoms with E-state index >= 15 is 0 Å². The first-order valence-corrected chi connectivity index (χ1v) is 10.8. The Balaban J connectivity index is 1.72. The maximum absolute atomic E-state index is 12.8. The molecule has 0 unspecified atom stereocenters. The van der Waals surface area contributed by atoms with Crippen molar-refractivity contribution in [3.8, 4) is 17.0 Å². The smallest absolute Gasteiger partial charge is 0.231 e. The largest absolute Gasteiger partial charge is 0.497 e. The van der Waals surface area contributed by atoms with Crippen LogP contribution in [0.25, 0.3) is 11.3 Å². The van der Waals surface area contributed by atoms with E-state index in [1.807, 2.05) is 34.5 Å². The first-order valence-electron chi connectivity index (χ1n) is 9.91. The van der Waals surface area contributed by atoms with Crippen molar-refractivity contribution < 1.29 is 14.4 Å². The lowest BCUT2D eigenvalue weighted by Crippen LogP contribution is -3.11. The van der Waals surface area contributed by atoms with Crippen molar-refractivity contribution in [2.24, 2.45) is 5.92 Å². The molecule has 1 N–H and O–H groups in total. The zero-order chi connectivity index (χ0) is 19.2. The van der Waals surface area contributed by atoms with Gasteiger partial charge in [-0.15, -0.1) is 11.3 Å². The van der Waals surface area contributed by atoms with Gasteiger partial charge in [0.05, 0.1) is 32.4 Å². The minimum atomic E-state index is 0.208. The minimum Gasteiger partial charge on any atom is -0.497 e. The van der Waals surface area contributed by atoms with E-state index in [1.165, 1.54) is 0 Å². The second-order valence-corrected chi connectivity index (χ2v) is 7.91. The van der Waals surface area contributed by atoms with E-state index in [0.717, 1.165) is 67.6 Å². The first kappa shape index (κ1) is 19.8. The third kappa shape index (κ3) is 5.08. The fourth-order valence-electron chi connectivity index (χ4n) is 3.22. The molecule has 1 heterocycles. The molecule has 3 rings (SSSR count). The number of methoxy groups -OCH3 is 1. The number of hydrogen-bond acceptors (Lipinski definition) is 4. The Kier molecular flexibility index (Phi) is 6.85. The van der Waals surface area contributed by atoms with Gasteiger partial charge in [0.1, 0.15) is 5.75 Å². The van der Waals surface area contributed by atoms with Crippen LogP contribution in [-0.2, 0) is 4.79 Å². The van der Waals surface area contributed by atoms with E-state index in [4.69, 9.17) is 9.72 Å². The molecule has 1 aliphatic carbocycles. The van der Waals surface area contributed by atoms with Crippen LogP contribution in [0.5, 0.6) is 5.75 Å². The van der Waals surface area contributed by atoms with Gasteiger partial charge < -0.3 is 9.64 Å². The molecular weight excluding hydrogens is 358 g/mol. The van der Waals surface area contributed by atoms with Crippen LogP contribution >= 0.6 is 11.3 Å². The number of thiazole rings is 1. The third-order valence-electron chi connectivity index (χ3n) is 5.21. The zero-order valence-corrected chi connectivity index (χ0v) is 17.3. The summed E-state index contributed by atoms with van der Waals surface area (Å²) in [5.41, 5.74) is 1.96. The number of nitrogens with one attached hydrogen (secondary N) is 1. The van der Waals surface area contributed by atoms with Crippen molar-refractivity contribution in [3.63, 3.8) is 0 Å². The third-order valence-corrected chi connectivity index (χ3v) is 6.08. The highest BCUT2D eigenvalue weighted by Gasteiger charge is 2.35. The van der Waals surface area contributed by atoms with Gasteiger partial charge in [0.15, 0.2) is 5.13 Å². The number of nitrogens with zero attached hydrogens (tertiary/aromatic N) is 2. The van der Waals surface area contributed by atoms with Crippen LogP contribution in [0.4, 0.5) is 5.13 Å². The maximum atomic E-state index is 12.8. The monoisotopic (exact) mass is 388 g/mol. The number of anilines is 1. The Bertz CT molecular complexity index is 736. The lowest BCUT2D eigenvalue weighted by atomic mass is 10.2. The van der Waals surface area contributed by atoms with E-state index in [2.05, 4.69) is 13.8 Å². The molecule has 0 atom stereocenters. The van der Waals surface area contributed by atoms with Crippen LogP contribution in [0.3, 0.4) is 0 Å². The normalized spacial score (nSPS) is 13.8. The molecule has 0 radical (unpaired) electrons. The highest BCUT2D eigenvalue weighted by molar-refractivity contribution is 7.14. The fourth-order valence-corrected chi connectivity index (χ4v) is 4.09. The molecule has 0 bridgehead atoms. The Morgan fingerprint density at radius 2 is 1.96 bits per heavy atom. The molecular formula is C21H30N3O2S+. The van der Waals surface area contributed by atoms with E-state index < -0.39 is 0 Å². The van der Waals surface area contributed by atoms with Crippen LogP contribution in [0.1, 0.15) is 33.1 Å². The molecule has 0 saturated heterocycles. The Labute approximate surface area is 166 Å². The van der Waals surface area contributed by atoms with Crippen molar-refractivity contribution in [1.29, 1.82) is 0 Å². The number of hydrogen-bond donors (Lipinski definition) is 1. The summed E-state index contributed by atoms with van der Waals surface area (Å²) in [6.45, 7) is 8.55. The van der Waals surface area contributed by atoms with Crippen LogP contribution in [0, 0.1) is 5.92 Å². The molecule has 0 aliphatic heterocycles. The summed E-state index contributed by atoms with van der Waals surface area (Å²) in [5, 5.41) is 2.87. The van der Waals surface area contributed by atoms with Gasteiger partial charge in [0, 0.05) is 29.8 Å². The number of amides is 1. The van der Waals surface area contributed by atoms with Crippen molar-refractivity contribution in [1.82, 2.24) is 4.98 Å². The van der Waals surface area contributed by atoms with E-state index in [9.17, 15) is 4.79 Å². The SMILES string of the molecule is CC[NH+](CC)CCCN(C(=O)C1CC1)c1nc(-c2ccc(OC)cc2)cs1. The van der Waals surface area contributed by atoms with Crippen LogP contribution in [0.2, 0.25) is 0 Å². The lowest BCUT2D eigenvalue weighted by Gasteiger charge is -2.21. The minimum absolute atomic E-state index is 0.208. The topological polar surface area (TPSA) is 46.9 Å². The molecule has 6 heteroatoms. The van der Waals surface area contributed by atoms with Gasteiger partial charge in [0.2, 0.25) is 5.91 Å². The summed E-state index contributed by atoms with van der Waals surface area (Å²) in [6.07, 6.45) is 3.05. The van der Waals surface area contributed by atoms with Crippen LogP contribution in [-0.4, -0.2) is 44.2 Å². The predicted molar refractivity (Wildman–Crippen MR) is 111 cm³/mol. The van der Waals surface area contributed by atoms with E-state index in [1.54, 1.807) is 23.3 Å². The van der Waals surface area contributed by atoms with Gasteiger partial charge in [-0.2, -0.15) is 0 Å². The Morgan fingerprint density at radius 1 is 1.26 bits per heavy atom. The summed E-state index contributed by atoms with van der Waals surface area (Å²) >= 11 is 1.56. The Morgan fingerprint density at radius 3 is 2.56 bits per heavy atom. The van der Waals surface area contributed by atoms with Gasteiger partial charge in [0.25, 0.3) is 0 Å². The number of aromatic nitrogens is 1. The maximum Gasteiger partial charge on any atom is 0.231 e. The van der Waals surface area contributed by atoms with Gasteiger partial charge in [-0.3, -0.25) is 9.69 Å². The van der Waals surface area contributed by atoms with Crippen LogP contribution in [0.15, 0.2) is 29.6 Å². The second-order valence-electron chi connectivity index (χ2n) is 7.07. The van der Waals surface area contributed by atoms with Gasteiger partial charge in [-0.1, -0.05) is 0 Å². The molecule has 5 nitrogen and oxygen atoms in total. The average Bonchev–Trinajstić information content (AvgIpc) is 3.45. The molecule has 0 spiro atoms. The summed E-state index contributed by atoms with van der Waals surface area (Å²) in [7, 11) is 1.66. The fraction of sp³-hybridized carbons (Fsp3) is 0.524. The first-order chi connectivity index (χ1) is 13.2. The summed E-state index contributed by atoms with van der Waals surface area (Å²) in [4.78, 5) is 21.1. The molecule has 1 aliphatic rings. The molecule has 146 valence electrons. The van der Waals surface area contributed by atoms with Gasteiger partial charge in [-0.25, -0.2) is 4.98 Å². The highest BCUT2D eigenvalue weighted by atomic mass is 32.1. The zero-order valence-electron chi connectivity index (χ0n) is 16.5. The molecule has 2 aromatic rings. The second kappa shape index (κ2) is 9.33. The molecule has 1 aromatic heterocycles. The number of ether oxygens (including phenoxy) is 1. The number of benzene rings is 1. The number of carbonyl (C=O) groups is 1. The average molecular weight is 389 g/mol. The number of quaternary nitrogens is 1. The quantitative estimate of drug-likeness (QED) is 0.681. The highest BCUT2D eigenvalue weighted by Crippen LogP contribution is 2.35. The Hall–Kier alpha value is -1.92. The van der Waals surface area contributed by atoms with Crippen molar-refractivity contribution in [2.75, 3.05) is 38.2 Å². The number of rotatable bonds is 10. The van der Waals surface area contributed by atoms with Crippen molar-refractivity contribution in [3.05, 3.63) is 29.6 Å². The molecule has 1 aromatic carbocycles. The van der Waals surface area contributed by atoms with Crippen molar-refractivity contribution >= 4 is 22.4 Å². The molecule has 27 heavy (non-hydrogen) atoms. The van der Waals surface area contributed by atoms with Gasteiger partial charge in [-0.05, 0) is 51.0 Å². The summed E-state index contributed by atoms with van der Waals surface area (Å²) < 4.78 is 5.22. The predicted octanol–water partition coefficient (Wildman–Crippen LogP) is 2.88. The van der Waals surface area contributed by atoms with Crippen LogP contribution < -0.4 is 14.5 Å². The lowest BCUT2D eigenvalue weighted by molar-refractivity contribution is -0.896. The summed E-state index contributed by atoms with van der Waals surface area (Å²) in [6, 6.07) is 7.89. The molecule has 1 fully saturated rings. The van der Waals surface area contributed by atoms with E-state index in [-0.39, 0.29) is 11.8 Å².